The lowest BCUT2D eigenvalue weighted by atomic mass is 10.2. The van der Waals surface area contributed by atoms with E-state index in [2.05, 4.69) is 43.3 Å². The third kappa shape index (κ3) is 3.94. The fourth-order valence-corrected chi connectivity index (χ4v) is 1.80. The van der Waals surface area contributed by atoms with Crippen molar-refractivity contribution in [2.24, 2.45) is 5.10 Å². The topological polar surface area (TPSA) is 50.2 Å². The normalized spacial score (nSPS) is 10.7. The van der Waals surface area contributed by atoms with Crippen LogP contribution in [0, 0.1) is 3.57 Å². The maximum atomic E-state index is 5.62. The quantitative estimate of drug-likeness (QED) is 0.521. The predicted octanol–water partition coefficient (Wildman–Crippen LogP) is 3.18. The zero-order valence-corrected chi connectivity index (χ0v) is 11.6. The molecule has 0 bridgehead atoms. The van der Waals surface area contributed by atoms with Crippen molar-refractivity contribution < 1.29 is 0 Å². The fraction of sp³-hybridized carbons (Fsp3) is 0. The molecule has 1 heterocycles. The average Bonchev–Trinajstić information content (AvgIpc) is 2.32. The number of rotatable bonds is 3. The highest BCUT2D eigenvalue weighted by molar-refractivity contribution is 14.1. The Labute approximate surface area is 117 Å². The van der Waals surface area contributed by atoms with Crippen molar-refractivity contribution in [3.8, 4) is 0 Å². The van der Waals surface area contributed by atoms with Gasteiger partial charge < -0.3 is 0 Å². The minimum atomic E-state index is 0.358. The molecule has 0 fully saturated rings. The Morgan fingerprint density at radius 3 is 2.82 bits per heavy atom. The van der Waals surface area contributed by atoms with Gasteiger partial charge in [-0.1, -0.05) is 23.7 Å². The number of aromatic nitrogens is 2. The predicted molar refractivity (Wildman–Crippen MR) is 77.4 cm³/mol. The zero-order valence-electron chi connectivity index (χ0n) is 8.64. The molecule has 0 atom stereocenters. The molecule has 0 aliphatic carbocycles. The molecule has 4 nitrogen and oxygen atoms in total. The number of hydrogen-bond acceptors (Lipinski definition) is 4. The minimum Gasteiger partial charge on any atom is -0.260 e. The highest BCUT2D eigenvalue weighted by Crippen LogP contribution is 2.07. The van der Waals surface area contributed by atoms with Crippen LogP contribution in [-0.2, 0) is 0 Å². The van der Waals surface area contributed by atoms with Crippen LogP contribution in [0.25, 0.3) is 0 Å². The van der Waals surface area contributed by atoms with E-state index in [1.165, 1.54) is 0 Å². The molecule has 0 radical (unpaired) electrons. The van der Waals surface area contributed by atoms with E-state index in [0.717, 1.165) is 9.13 Å². The minimum absolute atomic E-state index is 0.358. The zero-order chi connectivity index (χ0) is 12.1. The maximum absolute atomic E-state index is 5.62. The van der Waals surface area contributed by atoms with Crippen LogP contribution in [0.2, 0.25) is 5.15 Å². The van der Waals surface area contributed by atoms with Crippen molar-refractivity contribution in [1.82, 2.24) is 10.2 Å². The molecule has 0 saturated carbocycles. The highest BCUT2D eigenvalue weighted by atomic mass is 127. The highest BCUT2D eigenvalue weighted by Gasteiger charge is 1.93. The van der Waals surface area contributed by atoms with Crippen LogP contribution in [-0.4, -0.2) is 16.4 Å². The first kappa shape index (κ1) is 12.3. The third-order valence-corrected chi connectivity index (χ3v) is 2.75. The molecule has 0 unspecified atom stereocenters. The lowest BCUT2D eigenvalue weighted by Gasteiger charge is -1.97. The largest absolute Gasteiger partial charge is 0.260 e. The summed E-state index contributed by atoms with van der Waals surface area (Å²) in [7, 11) is 0. The van der Waals surface area contributed by atoms with Gasteiger partial charge in [0.1, 0.15) is 0 Å². The first-order chi connectivity index (χ1) is 8.24. The summed E-state index contributed by atoms with van der Waals surface area (Å²) in [5.41, 5.74) is 3.79. The molecule has 0 amide bonds. The van der Waals surface area contributed by atoms with E-state index in [9.17, 15) is 0 Å². The van der Waals surface area contributed by atoms with Crippen molar-refractivity contribution in [2.75, 3.05) is 5.43 Å². The van der Waals surface area contributed by atoms with Crippen LogP contribution in [0.5, 0.6) is 0 Å². The Morgan fingerprint density at radius 2 is 2.12 bits per heavy atom. The molecule has 0 aliphatic rings. The van der Waals surface area contributed by atoms with Gasteiger partial charge in [0.15, 0.2) is 11.0 Å². The molecule has 1 aromatic carbocycles. The van der Waals surface area contributed by atoms with E-state index >= 15 is 0 Å². The summed E-state index contributed by atoms with van der Waals surface area (Å²) in [5.74, 6) is 0.552. The van der Waals surface area contributed by atoms with Gasteiger partial charge in [0.2, 0.25) is 0 Å². The first-order valence-corrected chi connectivity index (χ1v) is 6.23. The lowest BCUT2D eigenvalue weighted by Crippen LogP contribution is -1.95. The van der Waals surface area contributed by atoms with Crippen molar-refractivity contribution in [2.45, 2.75) is 0 Å². The van der Waals surface area contributed by atoms with E-state index in [4.69, 9.17) is 11.6 Å². The van der Waals surface area contributed by atoms with Crippen LogP contribution < -0.4 is 5.43 Å². The number of hydrogen-bond donors (Lipinski definition) is 1. The Kier molecular flexibility index (Phi) is 4.27. The molecule has 2 aromatic rings. The molecule has 17 heavy (non-hydrogen) atoms. The molecule has 0 saturated heterocycles. The van der Waals surface area contributed by atoms with Gasteiger partial charge in [-0.15, -0.1) is 10.2 Å². The number of nitrogens with zero attached hydrogens (tertiary/aromatic N) is 3. The van der Waals surface area contributed by atoms with E-state index < -0.39 is 0 Å². The smallest absolute Gasteiger partial charge is 0.168 e. The van der Waals surface area contributed by atoms with Gasteiger partial charge in [-0.3, -0.25) is 5.43 Å². The molecule has 2 rings (SSSR count). The van der Waals surface area contributed by atoms with Crippen LogP contribution in [0.4, 0.5) is 5.82 Å². The Morgan fingerprint density at radius 1 is 1.24 bits per heavy atom. The molecular weight excluding hydrogens is 351 g/mol. The van der Waals surface area contributed by atoms with Crippen LogP contribution in [0.1, 0.15) is 5.56 Å². The number of hydrazone groups is 1. The van der Waals surface area contributed by atoms with Gasteiger partial charge in [-0.25, -0.2) is 0 Å². The molecule has 1 N–H and O–H groups in total. The van der Waals surface area contributed by atoms with E-state index in [0.29, 0.717) is 11.0 Å². The Bertz CT molecular complexity index is 527. The SMILES string of the molecule is Clc1ccc(N/N=C/c2cccc(I)c2)nn1. The second-order valence-corrected chi connectivity index (χ2v) is 4.80. The fourth-order valence-electron chi connectivity index (χ4n) is 1.14. The van der Waals surface area contributed by atoms with E-state index in [1.54, 1.807) is 18.3 Å². The van der Waals surface area contributed by atoms with Gasteiger partial charge in [-0.2, -0.15) is 5.10 Å². The summed E-state index contributed by atoms with van der Waals surface area (Å²) in [6.07, 6.45) is 1.72. The maximum Gasteiger partial charge on any atom is 0.168 e. The monoisotopic (exact) mass is 358 g/mol. The van der Waals surface area contributed by atoms with Crippen LogP contribution in [0.15, 0.2) is 41.5 Å². The van der Waals surface area contributed by atoms with Crippen molar-refractivity contribution in [1.29, 1.82) is 0 Å². The summed E-state index contributed by atoms with van der Waals surface area (Å²) in [6, 6.07) is 11.4. The average molecular weight is 359 g/mol. The summed E-state index contributed by atoms with van der Waals surface area (Å²) in [4.78, 5) is 0. The van der Waals surface area contributed by atoms with E-state index in [1.807, 2.05) is 24.3 Å². The van der Waals surface area contributed by atoms with Crippen molar-refractivity contribution in [3.63, 3.8) is 0 Å². The van der Waals surface area contributed by atoms with Gasteiger partial charge in [0.25, 0.3) is 0 Å². The summed E-state index contributed by atoms with van der Waals surface area (Å²) < 4.78 is 1.16. The Balaban J connectivity index is 2.00. The summed E-state index contributed by atoms with van der Waals surface area (Å²) >= 11 is 7.87. The van der Waals surface area contributed by atoms with Crippen LogP contribution >= 0.6 is 34.2 Å². The number of anilines is 1. The third-order valence-electron chi connectivity index (χ3n) is 1.87. The number of benzene rings is 1. The van der Waals surface area contributed by atoms with E-state index in [-0.39, 0.29) is 0 Å². The number of halogens is 2. The summed E-state index contributed by atoms with van der Waals surface area (Å²) in [6.45, 7) is 0. The molecule has 0 aliphatic heterocycles. The molecular formula is C11H8ClIN4. The standard InChI is InChI=1S/C11H8ClIN4/c12-10-4-5-11(17-15-10)16-14-7-8-2-1-3-9(13)6-8/h1-7H,(H,16,17)/b14-7+. The van der Waals surface area contributed by atoms with Crippen molar-refractivity contribution in [3.05, 3.63) is 50.7 Å². The molecule has 0 spiro atoms. The first-order valence-electron chi connectivity index (χ1n) is 4.78. The molecule has 1 aromatic heterocycles. The van der Waals surface area contributed by atoms with Gasteiger partial charge >= 0.3 is 0 Å². The second kappa shape index (κ2) is 5.92. The van der Waals surface area contributed by atoms with Gasteiger partial charge in [-0.05, 0) is 52.4 Å². The second-order valence-electron chi connectivity index (χ2n) is 3.17. The number of nitrogens with one attached hydrogen (secondary N) is 1. The Hall–Kier alpha value is -1.21. The van der Waals surface area contributed by atoms with Crippen LogP contribution in [0.3, 0.4) is 0 Å². The lowest BCUT2D eigenvalue weighted by molar-refractivity contribution is 1.02. The van der Waals surface area contributed by atoms with Crippen molar-refractivity contribution >= 4 is 46.2 Å². The van der Waals surface area contributed by atoms with Gasteiger partial charge in [0, 0.05) is 3.57 Å². The van der Waals surface area contributed by atoms with Gasteiger partial charge in [0.05, 0.1) is 6.21 Å². The summed E-state index contributed by atoms with van der Waals surface area (Å²) in [5, 5.41) is 11.9. The molecule has 6 heteroatoms. The molecule has 86 valence electrons.